The molecule has 0 amide bonds. The lowest BCUT2D eigenvalue weighted by Crippen LogP contribution is -2.19. The Morgan fingerprint density at radius 3 is 2.69 bits per heavy atom. The monoisotopic (exact) mass is 375 g/mol. The highest BCUT2D eigenvalue weighted by Gasteiger charge is 2.16. The summed E-state index contributed by atoms with van der Waals surface area (Å²) in [7, 11) is 0. The molecular weight excluding hydrogens is 360 g/mol. The molecule has 0 bridgehead atoms. The lowest BCUT2D eigenvalue weighted by atomic mass is 10.1. The van der Waals surface area contributed by atoms with Gasteiger partial charge in [-0.05, 0) is 30.2 Å². The molecule has 0 unspecified atom stereocenters. The number of hydrogen-bond donors (Lipinski definition) is 1. The zero-order valence-corrected chi connectivity index (χ0v) is 14.4. The average molecular weight is 375 g/mol. The van der Waals surface area contributed by atoms with Crippen LogP contribution in [-0.2, 0) is 13.0 Å². The van der Waals surface area contributed by atoms with Gasteiger partial charge in [0, 0.05) is 6.54 Å². The Kier molecular flexibility index (Phi) is 5.62. The minimum Gasteiger partial charge on any atom is -0.293 e. The number of benzene rings is 2. The Balaban J connectivity index is 1.68. The molecule has 2 aromatic carbocycles. The summed E-state index contributed by atoms with van der Waals surface area (Å²) in [5.41, 5.74) is 0.369. The number of aromatic nitrogens is 3. The van der Waals surface area contributed by atoms with Crippen molar-refractivity contribution in [2.45, 2.75) is 18.1 Å². The Hall–Kier alpha value is -2.74. The second-order valence-electron chi connectivity index (χ2n) is 5.53. The smallest absolute Gasteiger partial charge is 0.293 e. The van der Waals surface area contributed by atoms with Crippen LogP contribution in [0.2, 0.25) is 0 Å². The fraction of sp³-hybridized carbons (Fsp3) is 0.167. The van der Waals surface area contributed by atoms with E-state index in [1.54, 1.807) is 0 Å². The summed E-state index contributed by atoms with van der Waals surface area (Å²) in [6, 6.07) is 12.4. The van der Waals surface area contributed by atoms with Gasteiger partial charge in [0.2, 0.25) is 0 Å². The quantitative estimate of drug-likeness (QED) is 0.509. The molecule has 1 heterocycles. The van der Waals surface area contributed by atoms with Gasteiger partial charge in [-0.2, -0.15) is 0 Å². The molecule has 1 N–H and O–H groups in total. The molecular formula is C18H15F2N3O2S. The Labute approximate surface area is 152 Å². The summed E-state index contributed by atoms with van der Waals surface area (Å²) in [6.07, 6.45) is 0.625. The van der Waals surface area contributed by atoms with Crippen LogP contribution in [0.25, 0.3) is 0 Å². The van der Waals surface area contributed by atoms with Crippen molar-refractivity contribution in [1.29, 1.82) is 0 Å². The molecule has 26 heavy (non-hydrogen) atoms. The Bertz CT molecular complexity index is 970. The number of halogens is 2. The number of nitrogens with zero attached hydrogens (tertiary/aromatic N) is 2. The summed E-state index contributed by atoms with van der Waals surface area (Å²) in [5, 5.41) is 6.58. The lowest BCUT2D eigenvalue weighted by molar-refractivity contribution is 0.101. The van der Waals surface area contributed by atoms with Gasteiger partial charge in [-0.3, -0.25) is 9.36 Å². The molecule has 0 radical (unpaired) electrons. The molecule has 8 heteroatoms. The van der Waals surface area contributed by atoms with Crippen molar-refractivity contribution < 1.29 is 13.6 Å². The van der Waals surface area contributed by atoms with Crippen molar-refractivity contribution in [3.05, 3.63) is 81.8 Å². The molecule has 0 aliphatic rings. The van der Waals surface area contributed by atoms with E-state index >= 15 is 0 Å². The van der Waals surface area contributed by atoms with Crippen molar-refractivity contribution in [2.75, 3.05) is 5.75 Å². The number of Topliss-reactive ketones (excluding diaryl/α,β-unsaturated/α-hetero) is 1. The van der Waals surface area contributed by atoms with Crippen LogP contribution in [0.3, 0.4) is 0 Å². The number of ketones is 1. The van der Waals surface area contributed by atoms with E-state index < -0.39 is 17.4 Å². The SMILES string of the molecule is O=C(CSc1n[nH]c(=O)n1CCc1ccccc1)c1cc(F)ccc1F. The largest absolute Gasteiger partial charge is 0.343 e. The number of H-pyrrole nitrogens is 1. The van der Waals surface area contributed by atoms with Gasteiger partial charge in [-0.15, -0.1) is 5.10 Å². The molecule has 3 aromatic rings. The van der Waals surface area contributed by atoms with Crippen LogP contribution >= 0.6 is 11.8 Å². The predicted octanol–water partition coefficient (Wildman–Crippen LogP) is 3.07. The third-order valence-electron chi connectivity index (χ3n) is 3.75. The molecule has 0 saturated heterocycles. The number of aromatic amines is 1. The molecule has 0 aliphatic heterocycles. The zero-order valence-electron chi connectivity index (χ0n) is 13.6. The highest BCUT2D eigenvalue weighted by atomic mass is 32.2. The number of hydrogen-bond acceptors (Lipinski definition) is 4. The maximum Gasteiger partial charge on any atom is 0.343 e. The first-order chi connectivity index (χ1) is 12.5. The maximum absolute atomic E-state index is 13.7. The van der Waals surface area contributed by atoms with E-state index in [1.807, 2.05) is 30.3 Å². The van der Waals surface area contributed by atoms with E-state index in [1.165, 1.54) is 4.57 Å². The van der Waals surface area contributed by atoms with Gasteiger partial charge in [0.25, 0.3) is 0 Å². The molecule has 0 spiro atoms. The van der Waals surface area contributed by atoms with Crippen LogP contribution in [0.5, 0.6) is 0 Å². The number of rotatable bonds is 7. The molecule has 5 nitrogen and oxygen atoms in total. The molecule has 3 rings (SSSR count). The topological polar surface area (TPSA) is 67.8 Å². The van der Waals surface area contributed by atoms with E-state index in [0.29, 0.717) is 18.1 Å². The third-order valence-corrected chi connectivity index (χ3v) is 4.73. The van der Waals surface area contributed by atoms with Crippen molar-refractivity contribution in [3.8, 4) is 0 Å². The van der Waals surface area contributed by atoms with E-state index in [4.69, 9.17) is 0 Å². The highest BCUT2D eigenvalue weighted by Crippen LogP contribution is 2.18. The molecule has 0 fully saturated rings. The average Bonchev–Trinajstić information content (AvgIpc) is 3.00. The van der Waals surface area contributed by atoms with Gasteiger partial charge in [-0.1, -0.05) is 42.1 Å². The van der Waals surface area contributed by atoms with Crippen LogP contribution in [0.4, 0.5) is 8.78 Å². The van der Waals surface area contributed by atoms with Crippen LogP contribution < -0.4 is 5.69 Å². The summed E-state index contributed by atoms with van der Waals surface area (Å²) >= 11 is 1.00. The lowest BCUT2D eigenvalue weighted by Gasteiger charge is -2.06. The van der Waals surface area contributed by atoms with Crippen molar-refractivity contribution in [1.82, 2.24) is 14.8 Å². The van der Waals surface area contributed by atoms with E-state index in [0.717, 1.165) is 35.5 Å². The maximum atomic E-state index is 13.7. The normalized spacial score (nSPS) is 10.8. The fourth-order valence-electron chi connectivity index (χ4n) is 2.42. The van der Waals surface area contributed by atoms with Crippen LogP contribution in [0.15, 0.2) is 58.5 Å². The van der Waals surface area contributed by atoms with Crippen molar-refractivity contribution in [3.63, 3.8) is 0 Å². The standard InChI is InChI=1S/C18H15F2N3O2S/c19-13-6-7-15(20)14(10-13)16(24)11-26-18-22-21-17(25)23(18)9-8-12-4-2-1-3-5-12/h1-7,10H,8-9,11H2,(H,21,25). The third kappa shape index (κ3) is 4.26. The van der Waals surface area contributed by atoms with E-state index in [-0.39, 0.29) is 17.0 Å². The predicted molar refractivity (Wildman–Crippen MR) is 94.4 cm³/mol. The second-order valence-corrected chi connectivity index (χ2v) is 6.48. The second kappa shape index (κ2) is 8.09. The number of aryl methyl sites for hydroxylation is 1. The van der Waals surface area contributed by atoms with Crippen molar-refractivity contribution >= 4 is 17.5 Å². The van der Waals surface area contributed by atoms with E-state index in [2.05, 4.69) is 10.2 Å². The number of nitrogens with one attached hydrogen (secondary N) is 1. The minimum atomic E-state index is -0.777. The first-order valence-corrected chi connectivity index (χ1v) is 8.83. The summed E-state index contributed by atoms with van der Waals surface area (Å²) in [6.45, 7) is 0.393. The number of carbonyl (C=O) groups is 1. The molecule has 0 saturated carbocycles. The summed E-state index contributed by atoms with van der Waals surface area (Å²) < 4.78 is 28.3. The fourth-order valence-corrected chi connectivity index (χ4v) is 3.27. The Morgan fingerprint density at radius 2 is 1.92 bits per heavy atom. The molecule has 1 aromatic heterocycles. The van der Waals surface area contributed by atoms with Gasteiger partial charge < -0.3 is 0 Å². The molecule has 0 atom stereocenters. The summed E-state index contributed by atoms with van der Waals surface area (Å²) in [4.78, 5) is 24.0. The van der Waals surface area contributed by atoms with Gasteiger partial charge in [0.05, 0.1) is 11.3 Å². The van der Waals surface area contributed by atoms with Crippen molar-refractivity contribution in [2.24, 2.45) is 0 Å². The minimum absolute atomic E-state index is 0.157. The molecule has 0 aliphatic carbocycles. The highest BCUT2D eigenvalue weighted by molar-refractivity contribution is 7.99. The zero-order chi connectivity index (χ0) is 18.5. The number of thioether (sulfide) groups is 1. The first-order valence-electron chi connectivity index (χ1n) is 7.85. The Morgan fingerprint density at radius 1 is 1.15 bits per heavy atom. The van der Waals surface area contributed by atoms with Crippen LogP contribution in [0.1, 0.15) is 15.9 Å². The van der Waals surface area contributed by atoms with Crippen LogP contribution in [-0.4, -0.2) is 26.3 Å². The van der Waals surface area contributed by atoms with Gasteiger partial charge in [-0.25, -0.2) is 18.7 Å². The van der Waals surface area contributed by atoms with Crippen LogP contribution in [0, 0.1) is 11.6 Å². The first kappa shape index (κ1) is 18.1. The number of carbonyl (C=O) groups excluding carboxylic acids is 1. The van der Waals surface area contributed by atoms with Gasteiger partial charge in [0.1, 0.15) is 11.6 Å². The van der Waals surface area contributed by atoms with E-state index in [9.17, 15) is 18.4 Å². The van der Waals surface area contributed by atoms with Gasteiger partial charge >= 0.3 is 5.69 Å². The summed E-state index contributed by atoms with van der Waals surface area (Å²) in [5.74, 6) is -2.19. The molecule has 134 valence electrons. The van der Waals surface area contributed by atoms with Gasteiger partial charge in [0.15, 0.2) is 10.9 Å².